The zero-order chi connectivity index (χ0) is 24.5. The van der Waals surface area contributed by atoms with Gasteiger partial charge in [0.1, 0.15) is 11.6 Å². The summed E-state index contributed by atoms with van der Waals surface area (Å²) in [6.07, 6.45) is 5.25. The van der Waals surface area contributed by atoms with Gasteiger partial charge in [-0.2, -0.15) is 0 Å². The Balaban J connectivity index is 1.40. The number of carbonyl (C=O) groups is 3. The highest BCUT2D eigenvalue weighted by atomic mass is 35.5. The molecule has 34 heavy (non-hydrogen) atoms. The fourth-order valence-electron chi connectivity index (χ4n) is 3.83. The number of rotatable bonds is 7. The Morgan fingerprint density at radius 1 is 1.15 bits per heavy atom. The van der Waals surface area contributed by atoms with Gasteiger partial charge in [0.15, 0.2) is 0 Å². The molecule has 1 aromatic carbocycles. The quantitative estimate of drug-likeness (QED) is 0.534. The molecule has 0 radical (unpaired) electrons. The summed E-state index contributed by atoms with van der Waals surface area (Å²) in [5, 5.41) is 22.3. The largest absolute Gasteiger partial charge is 0.480 e. The lowest BCUT2D eigenvalue weighted by Crippen LogP contribution is -2.42. The lowest BCUT2D eigenvalue weighted by molar-refractivity contribution is -0.142. The molecule has 8 nitrogen and oxygen atoms in total. The average Bonchev–Trinajstić information content (AvgIpc) is 3.57. The number of nitrogens with zero attached hydrogens (tertiary/aromatic N) is 2. The third-order valence-electron chi connectivity index (χ3n) is 6.02. The van der Waals surface area contributed by atoms with Gasteiger partial charge >= 0.3 is 5.97 Å². The highest BCUT2D eigenvalue weighted by Gasteiger charge is 2.50. The number of amides is 2. The van der Waals surface area contributed by atoms with Gasteiger partial charge in [-0.15, -0.1) is 0 Å². The van der Waals surface area contributed by atoms with Crippen molar-refractivity contribution in [3.05, 3.63) is 69.5 Å². The van der Waals surface area contributed by atoms with Gasteiger partial charge in [0.2, 0.25) is 0 Å². The molecule has 1 aliphatic carbocycles. The Morgan fingerprint density at radius 2 is 1.85 bits per heavy atom. The first-order valence-corrected chi connectivity index (χ1v) is 11.6. The summed E-state index contributed by atoms with van der Waals surface area (Å²) in [6, 6.07) is 6.92. The van der Waals surface area contributed by atoms with Gasteiger partial charge in [-0.1, -0.05) is 41.4 Å². The van der Waals surface area contributed by atoms with Crippen molar-refractivity contribution in [1.82, 2.24) is 15.2 Å². The highest BCUT2D eigenvalue weighted by molar-refractivity contribution is 6.39. The Hall–Kier alpha value is -2.94. The maximum Gasteiger partial charge on any atom is 0.326 e. The third kappa shape index (κ3) is 5.24. The Bertz CT molecular complexity index is 1140. The Labute approximate surface area is 206 Å². The molecule has 0 spiro atoms. The second-order valence-electron chi connectivity index (χ2n) is 8.47. The van der Waals surface area contributed by atoms with E-state index in [9.17, 15) is 24.6 Å². The number of hydrogen-bond acceptors (Lipinski definition) is 5. The standard InChI is InChI=1S/C24H23Cl2N3O5/c25-17-2-1-3-18(26)20(17)21(30)28-19(22(31)32)12-16-5-4-15(13-27-16)14-6-10-29(11-7-14)23(33)24(34)8-9-24/h1-6,13,19,34H,7-12H2,(H,28,30)(H,31,32). The van der Waals surface area contributed by atoms with Crippen LogP contribution in [0.4, 0.5) is 0 Å². The molecule has 1 atom stereocenters. The SMILES string of the molecule is O=C(NC(Cc1ccc(C2=CCN(C(=O)C3(O)CC3)CC2)cn1)C(=O)O)c1c(Cl)cccc1Cl. The number of benzene rings is 1. The number of pyridine rings is 1. The molecule has 0 bridgehead atoms. The molecule has 2 heterocycles. The minimum absolute atomic E-state index is 0.0194. The molecule has 4 rings (SSSR count). The van der Waals surface area contributed by atoms with E-state index in [4.69, 9.17) is 23.2 Å². The maximum absolute atomic E-state index is 12.6. The van der Waals surface area contributed by atoms with Crippen molar-refractivity contribution in [3.63, 3.8) is 0 Å². The molecule has 0 saturated heterocycles. The molecular formula is C24H23Cl2N3O5. The molecule has 2 amide bonds. The summed E-state index contributed by atoms with van der Waals surface area (Å²) in [7, 11) is 0. The van der Waals surface area contributed by atoms with E-state index in [1.165, 1.54) is 12.1 Å². The van der Waals surface area contributed by atoms with Gasteiger partial charge in [0.25, 0.3) is 11.8 Å². The first-order valence-electron chi connectivity index (χ1n) is 10.8. The zero-order valence-electron chi connectivity index (χ0n) is 18.1. The minimum atomic E-state index is -1.22. The van der Waals surface area contributed by atoms with Crippen LogP contribution in [0, 0.1) is 0 Å². The van der Waals surface area contributed by atoms with E-state index in [2.05, 4.69) is 10.3 Å². The summed E-state index contributed by atoms with van der Waals surface area (Å²) in [6.45, 7) is 0.947. The van der Waals surface area contributed by atoms with Gasteiger partial charge in [0, 0.05) is 31.4 Å². The summed E-state index contributed by atoms with van der Waals surface area (Å²) < 4.78 is 0. The van der Waals surface area contributed by atoms with Crippen LogP contribution in [-0.2, 0) is 16.0 Å². The molecule has 2 aromatic rings. The summed E-state index contributed by atoms with van der Waals surface area (Å²) in [4.78, 5) is 42.6. The molecule has 1 unspecified atom stereocenters. The van der Waals surface area contributed by atoms with Crippen LogP contribution >= 0.6 is 23.2 Å². The predicted molar refractivity (Wildman–Crippen MR) is 127 cm³/mol. The number of hydrogen-bond donors (Lipinski definition) is 3. The van der Waals surface area contributed by atoms with E-state index in [-0.39, 0.29) is 27.9 Å². The normalized spacial score (nSPS) is 17.5. The van der Waals surface area contributed by atoms with Gasteiger partial charge < -0.3 is 20.4 Å². The minimum Gasteiger partial charge on any atom is -0.480 e. The molecular weight excluding hydrogens is 481 g/mol. The van der Waals surface area contributed by atoms with Gasteiger partial charge in [0.05, 0.1) is 15.6 Å². The second-order valence-corrected chi connectivity index (χ2v) is 9.28. The smallest absolute Gasteiger partial charge is 0.326 e. The molecule has 1 saturated carbocycles. The molecule has 1 aromatic heterocycles. The van der Waals surface area contributed by atoms with Crippen molar-refractivity contribution < 1.29 is 24.6 Å². The maximum atomic E-state index is 12.6. The summed E-state index contributed by atoms with van der Waals surface area (Å²) in [5.41, 5.74) is 1.25. The van der Waals surface area contributed by atoms with Crippen LogP contribution in [0.5, 0.6) is 0 Å². The number of carboxylic acid groups (broad SMARTS) is 1. The van der Waals surface area contributed by atoms with E-state index in [0.29, 0.717) is 38.0 Å². The van der Waals surface area contributed by atoms with E-state index >= 15 is 0 Å². The van der Waals surface area contributed by atoms with Gasteiger partial charge in [-0.25, -0.2) is 4.79 Å². The fraction of sp³-hybridized carbons (Fsp3) is 0.333. The zero-order valence-corrected chi connectivity index (χ0v) is 19.6. The van der Waals surface area contributed by atoms with E-state index in [1.807, 2.05) is 12.1 Å². The van der Waals surface area contributed by atoms with E-state index in [1.54, 1.807) is 23.2 Å². The number of aliphatic hydroxyl groups is 1. The fourth-order valence-corrected chi connectivity index (χ4v) is 4.40. The first kappa shape index (κ1) is 24.2. The van der Waals surface area contributed by atoms with Crippen LogP contribution in [0.1, 0.15) is 40.9 Å². The Kier molecular flexibility index (Phi) is 6.93. The van der Waals surface area contributed by atoms with Crippen LogP contribution in [0.15, 0.2) is 42.6 Å². The Morgan fingerprint density at radius 3 is 2.38 bits per heavy atom. The molecule has 1 fully saturated rings. The monoisotopic (exact) mass is 503 g/mol. The van der Waals surface area contributed by atoms with E-state index in [0.717, 1.165) is 11.1 Å². The lowest BCUT2D eigenvalue weighted by Gasteiger charge is -2.28. The number of aromatic nitrogens is 1. The average molecular weight is 504 g/mol. The lowest BCUT2D eigenvalue weighted by atomic mass is 9.99. The molecule has 3 N–H and O–H groups in total. The van der Waals surface area contributed by atoms with Gasteiger partial charge in [-0.3, -0.25) is 14.6 Å². The molecule has 178 valence electrons. The van der Waals surface area contributed by atoms with Crippen molar-refractivity contribution in [2.45, 2.75) is 37.3 Å². The van der Waals surface area contributed by atoms with Crippen LogP contribution < -0.4 is 5.32 Å². The number of aliphatic carboxylic acids is 1. The molecule has 2 aliphatic rings. The number of nitrogens with one attached hydrogen (secondary N) is 1. The van der Waals surface area contributed by atoms with Crippen molar-refractivity contribution in [1.29, 1.82) is 0 Å². The van der Waals surface area contributed by atoms with Crippen molar-refractivity contribution >= 4 is 46.6 Å². The summed E-state index contributed by atoms with van der Waals surface area (Å²) in [5.74, 6) is -2.10. The van der Waals surface area contributed by atoms with Gasteiger partial charge in [-0.05, 0) is 48.6 Å². The first-order chi connectivity index (χ1) is 16.2. The van der Waals surface area contributed by atoms with E-state index < -0.39 is 23.5 Å². The predicted octanol–water partition coefficient (Wildman–Crippen LogP) is 2.95. The highest BCUT2D eigenvalue weighted by Crippen LogP contribution is 2.37. The van der Waals surface area contributed by atoms with Crippen LogP contribution in [0.3, 0.4) is 0 Å². The van der Waals surface area contributed by atoms with Crippen molar-refractivity contribution in [3.8, 4) is 0 Å². The number of carbonyl (C=O) groups excluding carboxylic acids is 2. The summed E-state index contributed by atoms with van der Waals surface area (Å²) >= 11 is 12.1. The van der Waals surface area contributed by atoms with Crippen LogP contribution in [0.25, 0.3) is 5.57 Å². The molecule has 1 aliphatic heterocycles. The van der Waals surface area contributed by atoms with Crippen molar-refractivity contribution in [2.24, 2.45) is 0 Å². The third-order valence-corrected chi connectivity index (χ3v) is 6.65. The van der Waals surface area contributed by atoms with Crippen molar-refractivity contribution in [2.75, 3.05) is 13.1 Å². The number of halogens is 2. The topological polar surface area (TPSA) is 120 Å². The molecule has 10 heteroatoms. The van der Waals surface area contributed by atoms with Crippen LogP contribution in [-0.4, -0.2) is 62.6 Å². The second kappa shape index (κ2) is 9.74. The number of carboxylic acids is 1. The van der Waals surface area contributed by atoms with Crippen LogP contribution in [0.2, 0.25) is 10.0 Å².